The van der Waals surface area contributed by atoms with Crippen molar-refractivity contribution in [2.24, 2.45) is 5.92 Å². The summed E-state index contributed by atoms with van der Waals surface area (Å²) in [5, 5.41) is 4.06. The Balaban J connectivity index is 1.45. The van der Waals surface area contributed by atoms with Crippen LogP contribution >= 0.6 is 0 Å². The van der Waals surface area contributed by atoms with E-state index >= 15 is 0 Å². The molecule has 0 aromatic carbocycles. The van der Waals surface area contributed by atoms with Gasteiger partial charge in [0.1, 0.15) is 12.7 Å². The maximum Gasteiger partial charge on any atom is 0.222 e. The third kappa shape index (κ3) is 3.64. The fourth-order valence-electron chi connectivity index (χ4n) is 3.44. The molecule has 2 saturated heterocycles. The summed E-state index contributed by atoms with van der Waals surface area (Å²) in [6.45, 7) is 8.36. The van der Waals surface area contributed by atoms with E-state index in [-0.39, 0.29) is 5.91 Å². The highest BCUT2D eigenvalue weighted by atomic mass is 16.5. The third-order valence-electron chi connectivity index (χ3n) is 4.68. The van der Waals surface area contributed by atoms with Gasteiger partial charge in [0.05, 0.1) is 13.2 Å². The van der Waals surface area contributed by atoms with Crippen molar-refractivity contribution in [3.63, 3.8) is 0 Å². The van der Waals surface area contributed by atoms with E-state index in [9.17, 15) is 4.79 Å². The molecule has 3 rings (SSSR count). The van der Waals surface area contributed by atoms with Crippen LogP contribution in [0.3, 0.4) is 0 Å². The van der Waals surface area contributed by atoms with Crippen LogP contribution in [-0.2, 0) is 16.1 Å². The van der Waals surface area contributed by atoms with Crippen LogP contribution in [0.2, 0.25) is 0 Å². The monoisotopic (exact) mass is 307 g/mol. The van der Waals surface area contributed by atoms with E-state index in [0.717, 1.165) is 52.4 Å². The lowest BCUT2D eigenvalue weighted by Gasteiger charge is -2.34. The van der Waals surface area contributed by atoms with Gasteiger partial charge in [-0.1, -0.05) is 6.92 Å². The number of hydrogen-bond acceptors (Lipinski definition) is 5. The molecule has 0 radical (unpaired) electrons. The number of carbonyl (C=O) groups is 1. The molecule has 0 spiro atoms. The molecule has 2 fully saturated rings. The highest BCUT2D eigenvalue weighted by Crippen LogP contribution is 2.23. The van der Waals surface area contributed by atoms with Crippen molar-refractivity contribution in [2.75, 3.05) is 39.4 Å². The first-order chi connectivity index (χ1) is 10.7. The summed E-state index contributed by atoms with van der Waals surface area (Å²) in [4.78, 5) is 20.8. The molecule has 2 atom stereocenters. The molecule has 7 nitrogen and oxygen atoms in total. The second-order valence-electron chi connectivity index (χ2n) is 6.25. The number of aryl methyl sites for hydroxylation is 1. The summed E-state index contributed by atoms with van der Waals surface area (Å²) in [5.41, 5.74) is 0. The number of carbonyl (C=O) groups excluding carboxylic acids is 1. The molecule has 7 heteroatoms. The molecule has 1 aromatic rings. The van der Waals surface area contributed by atoms with Gasteiger partial charge in [-0.3, -0.25) is 14.4 Å². The van der Waals surface area contributed by atoms with Crippen LogP contribution < -0.4 is 0 Å². The average Bonchev–Trinajstić information content (AvgIpc) is 3.17. The highest BCUT2D eigenvalue weighted by molar-refractivity contribution is 5.76. The number of likely N-dealkylation sites (tertiary alicyclic amines) is 1. The Morgan fingerprint density at radius 1 is 1.32 bits per heavy atom. The van der Waals surface area contributed by atoms with Gasteiger partial charge in [0.2, 0.25) is 5.91 Å². The first-order valence-electron chi connectivity index (χ1n) is 8.16. The van der Waals surface area contributed by atoms with Crippen molar-refractivity contribution in [3.8, 4) is 0 Å². The molecule has 0 bridgehead atoms. The Bertz CT molecular complexity index is 472. The predicted molar refractivity (Wildman–Crippen MR) is 81.2 cm³/mol. The molecule has 1 amide bonds. The molecule has 0 unspecified atom stereocenters. The van der Waals surface area contributed by atoms with Crippen molar-refractivity contribution in [1.82, 2.24) is 24.6 Å². The van der Waals surface area contributed by atoms with E-state index < -0.39 is 0 Å². The largest absolute Gasteiger partial charge is 0.379 e. The predicted octanol–water partition coefficient (Wildman–Crippen LogP) is 0.237. The molecule has 2 aliphatic heterocycles. The molecular weight excluding hydrogens is 282 g/mol. The summed E-state index contributed by atoms with van der Waals surface area (Å²) < 4.78 is 7.20. The van der Waals surface area contributed by atoms with Gasteiger partial charge in [-0.2, -0.15) is 5.10 Å². The molecule has 0 aliphatic carbocycles. The van der Waals surface area contributed by atoms with Crippen LogP contribution in [0.15, 0.2) is 12.7 Å². The van der Waals surface area contributed by atoms with Gasteiger partial charge in [-0.05, 0) is 12.3 Å². The van der Waals surface area contributed by atoms with E-state index in [2.05, 4.69) is 21.9 Å². The SMILES string of the molecule is C[C@@H]1CN(C(=O)CCCn2cncn2)C[C@@H]1N1CCOCC1. The zero-order valence-corrected chi connectivity index (χ0v) is 13.2. The first-order valence-corrected chi connectivity index (χ1v) is 8.16. The minimum Gasteiger partial charge on any atom is -0.379 e. The lowest BCUT2D eigenvalue weighted by atomic mass is 10.0. The zero-order chi connectivity index (χ0) is 15.4. The van der Waals surface area contributed by atoms with E-state index in [1.54, 1.807) is 11.0 Å². The van der Waals surface area contributed by atoms with Gasteiger partial charge in [0.15, 0.2) is 0 Å². The van der Waals surface area contributed by atoms with Crippen molar-refractivity contribution < 1.29 is 9.53 Å². The standard InChI is InChI=1S/C15H25N5O2/c1-13-9-19(10-14(13)18-5-7-22-8-6-18)15(21)3-2-4-20-12-16-11-17-20/h11-14H,2-10H2,1H3/t13-,14+/m1/s1. The van der Waals surface area contributed by atoms with Crippen LogP contribution in [0.5, 0.6) is 0 Å². The van der Waals surface area contributed by atoms with Crippen LogP contribution in [0.1, 0.15) is 19.8 Å². The molecule has 0 saturated carbocycles. The van der Waals surface area contributed by atoms with Crippen LogP contribution in [0.25, 0.3) is 0 Å². The maximum absolute atomic E-state index is 12.4. The molecule has 0 N–H and O–H groups in total. The molecule has 2 aliphatic rings. The summed E-state index contributed by atoms with van der Waals surface area (Å²) in [5.74, 6) is 0.806. The number of ether oxygens (including phenoxy) is 1. The lowest BCUT2D eigenvalue weighted by molar-refractivity contribution is -0.130. The number of morpholine rings is 1. The quantitative estimate of drug-likeness (QED) is 0.779. The Labute approximate surface area is 131 Å². The molecular formula is C15H25N5O2. The molecule has 1 aromatic heterocycles. The van der Waals surface area contributed by atoms with Crippen molar-refractivity contribution in [2.45, 2.75) is 32.4 Å². The lowest BCUT2D eigenvalue weighted by Crippen LogP contribution is -2.47. The number of nitrogens with zero attached hydrogens (tertiary/aromatic N) is 5. The number of aromatic nitrogens is 3. The minimum atomic E-state index is 0.266. The molecule has 3 heterocycles. The van der Waals surface area contributed by atoms with Crippen LogP contribution in [0, 0.1) is 5.92 Å². The summed E-state index contributed by atoms with van der Waals surface area (Å²) in [6.07, 6.45) is 4.62. The van der Waals surface area contributed by atoms with E-state index in [1.165, 1.54) is 6.33 Å². The fourth-order valence-corrected chi connectivity index (χ4v) is 3.44. The Morgan fingerprint density at radius 2 is 2.14 bits per heavy atom. The van der Waals surface area contributed by atoms with Crippen LogP contribution in [-0.4, -0.2) is 75.9 Å². The Kier molecular flexibility index (Phi) is 5.04. The molecule has 122 valence electrons. The van der Waals surface area contributed by atoms with E-state index in [0.29, 0.717) is 18.4 Å². The van der Waals surface area contributed by atoms with Gasteiger partial charge in [0.25, 0.3) is 0 Å². The normalized spacial score (nSPS) is 26.5. The Morgan fingerprint density at radius 3 is 2.86 bits per heavy atom. The van der Waals surface area contributed by atoms with Crippen molar-refractivity contribution >= 4 is 5.91 Å². The number of rotatable bonds is 5. The van der Waals surface area contributed by atoms with Gasteiger partial charge in [-0.25, -0.2) is 4.98 Å². The van der Waals surface area contributed by atoms with Gasteiger partial charge < -0.3 is 9.64 Å². The average molecular weight is 307 g/mol. The minimum absolute atomic E-state index is 0.266. The topological polar surface area (TPSA) is 63.5 Å². The number of amides is 1. The second-order valence-corrected chi connectivity index (χ2v) is 6.25. The number of hydrogen-bond donors (Lipinski definition) is 0. The fraction of sp³-hybridized carbons (Fsp3) is 0.800. The smallest absolute Gasteiger partial charge is 0.222 e. The van der Waals surface area contributed by atoms with Crippen molar-refractivity contribution in [3.05, 3.63) is 12.7 Å². The zero-order valence-electron chi connectivity index (χ0n) is 13.2. The summed E-state index contributed by atoms with van der Waals surface area (Å²) in [6, 6.07) is 0.489. The van der Waals surface area contributed by atoms with E-state index in [1.807, 2.05) is 4.90 Å². The van der Waals surface area contributed by atoms with E-state index in [4.69, 9.17) is 4.74 Å². The molecule has 22 heavy (non-hydrogen) atoms. The summed E-state index contributed by atoms with van der Waals surface area (Å²) >= 11 is 0. The van der Waals surface area contributed by atoms with Crippen LogP contribution in [0.4, 0.5) is 0 Å². The van der Waals surface area contributed by atoms with Gasteiger partial charge in [0, 0.05) is 45.2 Å². The highest BCUT2D eigenvalue weighted by Gasteiger charge is 2.36. The second kappa shape index (κ2) is 7.19. The van der Waals surface area contributed by atoms with Gasteiger partial charge in [-0.15, -0.1) is 0 Å². The Hall–Kier alpha value is -1.47. The maximum atomic E-state index is 12.4. The third-order valence-corrected chi connectivity index (χ3v) is 4.68. The first kappa shape index (κ1) is 15.4. The van der Waals surface area contributed by atoms with Gasteiger partial charge >= 0.3 is 0 Å². The summed E-state index contributed by atoms with van der Waals surface area (Å²) in [7, 11) is 0. The van der Waals surface area contributed by atoms with Crippen molar-refractivity contribution in [1.29, 1.82) is 0 Å².